The van der Waals surface area contributed by atoms with Crippen LogP contribution in [0.1, 0.15) is 27.2 Å². The van der Waals surface area contributed by atoms with Crippen molar-refractivity contribution in [2.24, 2.45) is 5.41 Å². The van der Waals surface area contributed by atoms with Gasteiger partial charge >= 0.3 is 0 Å². The van der Waals surface area contributed by atoms with Crippen LogP contribution in [0.3, 0.4) is 0 Å². The van der Waals surface area contributed by atoms with Crippen molar-refractivity contribution in [3.05, 3.63) is 0 Å². The van der Waals surface area contributed by atoms with Gasteiger partial charge < -0.3 is 16.0 Å². The molecule has 0 aliphatic carbocycles. The SMILES string of the molecule is CC(C)(C)CC(=O)NCC(=O)NCCN1CCNCC1.Cl. The predicted octanol–water partition coefficient (Wildman–Crippen LogP) is -0.0180. The molecular weight excluding hydrogens is 292 g/mol. The average molecular weight is 321 g/mol. The van der Waals surface area contributed by atoms with E-state index in [1.807, 2.05) is 20.8 Å². The molecule has 124 valence electrons. The molecule has 0 aromatic rings. The van der Waals surface area contributed by atoms with Crippen molar-refractivity contribution >= 4 is 24.2 Å². The lowest BCUT2D eigenvalue weighted by Gasteiger charge is -2.27. The van der Waals surface area contributed by atoms with Crippen molar-refractivity contribution in [2.45, 2.75) is 27.2 Å². The number of amides is 2. The Bertz CT molecular complexity index is 325. The first-order valence-corrected chi connectivity index (χ1v) is 7.33. The average Bonchev–Trinajstić information content (AvgIpc) is 2.36. The highest BCUT2D eigenvalue weighted by Crippen LogP contribution is 2.17. The maximum atomic E-state index is 11.6. The normalized spacial score (nSPS) is 16.0. The summed E-state index contributed by atoms with van der Waals surface area (Å²) in [5, 5.41) is 8.77. The van der Waals surface area contributed by atoms with E-state index >= 15 is 0 Å². The molecule has 1 aliphatic heterocycles. The molecule has 0 aromatic heterocycles. The van der Waals surface area contributed by atoms with Crippen LogP contribution in [0.5, 0.6) is 0 Å². The zero-order valence-corrected chi connectivity index (χ0v) is 14.1. The molecule has 0 unspecified atom stereocenters. The van der Waals surface area contributed by atoms with E-state index in [1.165, 1.54) is 0 Å². The number of nitrogens with zero attached hydrogens (tertiary/aromatic N) is 1. The first-order valence-electron chi connectivity index (χ1n) is 7.33. The Morgan fingerprint density at radius 1 is 1.10 bits per heavy atom. The minimum absolute atomic E-state index is 0. The Labute approximate surface area is 133 Å². The minimum Gasteiger partial charge on any atom is -0.353 e. The molecule has 6 nitrogen and oxygen atoms in total. The Hall–Kier alpha value is -0.850. The van der Waals surface area contributed by atoms with E-state index in [4.69, 9.17) is 0 Å². The lowest BCUT2D eigenvalue weighted by Crippen LogP contribution is -2.47. The second-order valence-corrected chi connectivity index (χ2v) is 6.46. The molecule has 1 heterocycles. The van der Waals surface area contributed by atoms with Crippen LogP contribution in [0.25, 0.3) is 0 Å². The Kier molecular flexibility index (Phi) is 9.57. The monoisotopic (exact) mass is 320 g/mol. The van der Waals surface area contributed by atoms with Crippen molar-refractivity contribution in [2.75, 3.05) is 45.8 Å². The molecule has 0 bridgehead atoms. The van der Waals surface area contributed by atoms with Gasteiger partial charge in [-0.15, -0.1) is 12.4 Å². The van der Waals surface area contributed by atoms with Gasteiger partial charge in [-0.25, -0.2) is 0 Å². The summed E-state index contributed by atoms with van der Waals surface area (Å²) in [4.78, 5) is 25.5. The highest BCUT2D eigenvalue weighted by Gasteiger charge is 2.16. The predicted molar refractivity (Wildman–Crippen MR) is 86.6 cm³/mol. The van der Waals surface area contributed by atoms with Crippen molar-refractivity contribution < 1.29 is 9.59 Å². The van der Waals surface area contributed by atoms with Crippen LogP contribution in [0.2, 0.25) is 0 Å². The Morgan fingerprint density at radius 3 is 2.29 bits per heavy atom. The van der Waals surface area contributed by atoms with Crippen molar-refractivity contribution in [1.29, 1.82) is 0 Å². The van der Waals surface area contributed by atoms with E-state index in [0.29, 0.717) is 13.0 Å². The van der Waals surface area contributed by atoms with E-state index in [1.54, 1.807) is 0 Å². The molecule has 0 radical (unpaired) electrons. The van der Waals surface area contributed by atoms with Gasteiger partial charge in [0, 0.05) is 45.7 Å². The van der Waals surface area contributed by atoms with Crippen molar-refractivity contribution in [1.82, 2.24) is 20.9 Å². The molecule has 1 rings (SSSR count). The first-order chi connectivity index (χ1) is 9.37. The zero-order chi connectivity index (χ0) is 15.0. The van der Waals surface area contributed by atoms with Crippen LogP contribution < -0.4 is 16.0 Å². The molecule has 21 heavy (non-hydrogen) atoms. The molecule has 0 aromatic carbocycles. The molecule has 7 heteroatoms. The molecule has 0 spiro atoms. The molecular formula is C14H29ClN4O2. The molecule has 0 saturated carbocycles. The van der Waals surface area contributed by atoms with Gasteiger partial charge in [0.1, 0.15) is 0 Å². The van der Waals surface area contributed by atoms with E-state index in [-0.39, 0.29) is 36.2 Å². The van der Waals surface area contributed by atoms with Gasteiger partial charge in [0.2, 0.25) is 11.8 Å². The van der Waals surface area contributed by atoms with Gasteiger partial charge in [-0.3, -0.25) is 14.5 Å². The van der Waals surface area contributed by atoms with Gasteiger partial charge in [0.05, 0.1) is 6.54 Å². The summed E-state index contributed by atoms with van der Waals surface area (Å²) in [6.45, 7) is 11.6. The van der Waals surface area contributed by atoms with E-state index in [2.05, 4.69) is 20.9 Å². The molecule has 0 atom stereocenters. The zero-order valence-electron chi connectivity index (χ0n) is 13.3. The van der Waals surface area contributed by atoms with E-state index < -0.39 is 0 Å². The highest BCUT2D eigenvalue weighted by atomic mass is 35.5. The summed E-state index contributed by atoms with van der Waals surface area (Å²) in [5.74, 6) is -0.197. The van der Waals surface area contributed by atoms with Crippen LogP contribution in [0, 0.1) is 5.41 Å². The second kappa shape index (κ2) is 9.97. The maximum absolute atomic E-state index is 11.6. The standard InChI is InChI=1S/C14H28N4O2.ClH/c1-14(2,3)10-12(19)17-11-13(20)16-6-9-18-7-4-15-5-8-18;/h15H,4-11H2,1-3H3,(H,16,20)(H,17,19);1H. The fourth-order valence-corrected chi connectivity index (χ4v) is 2.07. The van der Waals surface area contributed by atoms with E-state index in [9.17, 15) is 9.59 Å². The smallest absolute Gasteiger partial charge is 0.239 e. The topological polar surface area (TPSA) is 73.5 Å². The van der Waals surface area contributed by atoms with Crippen molar-refractivity contribution in [3.63, 3.8) is 0 Å². The number of piperazine rings is 1. The van der Waals surface area contributed by atoms with Crippen LogP contribution in [-0.4, -0.2) is 62.5 Å². The van der Waals surface area contributed by atoms with Gasteiger partial charge in [0.25, 0.3) is 0 Å². The summed E-state index contributed by atoms with van der Waals surface area (Å²) in [5.41, 5.74) is -0.0527. The van der Waals surface area contributed by atoms with Gasteiger partial charge in [-0.1, -0.05) is 20.8 Å². The van der Waals surface area contributed by atoms with Crippen LogP contribution in [-0.2, 0) is 9.59 Å². The summed E-state index contributed by atoms with van der Waals surface area (Å²) in [6, 6.07) is 0. The first kappa shape index (κ1) is 20.1. The third kappa shape index (κ3) is 10.5. The third-order valence-electron chi connectivity index (χ3n) is 3.10. The quantitative estimate of drug-likeness (QED) is 0.643. The molecule has 1 aliphatic rings. The van der Waals surface area contributed by atoms with Crippen LogP contribution in [0.15, 0.2) is 0 Å². The summed E-state index contributed by atoms with van der Waals surface area (Å²) < 4.78 is 0. The van der Waals surface area contributed by atoms with Gasteiger partial charge in [0.15, 0.2) is 0 Å². The minimum atomic E-state index is -0.123. The largest absolute Gasteiger partial charge is 0.353 e. The number of halogens is 1. The molecule has 2 amide bonds. The Balaban J connectivity index is 0.00000400. The molecule has 1 saturated heterocycles. The summed E-state index contributed by atoms with van der Waals surface area (Å²) in [7, 11) is 0. The number of nitrogens with one attached hydrogen (secondary N) is 3. The molecule has 3 N–H and O–H groups in total. The van der Waals surface area contributed by atoms with Crippen LogP contribution >= 0.6 is 12.4 Å². The number of carbonyl (C=O) groups is 2. The number of hydrogen-bond donors (Lipinski definition) is 3. The van der Waals surface area contributed by atoms with Crippen LogP contribution in [0.4, 0.5) is 0 Å². The lowest BCUT2D eigenvalue weighted by molar-refractivity contribution is -0.127. The summed E-state index contributed by atoms with van der Waals surface area (Å²) in [6.07, 6.45) is 0.432. The van der Waals surface area contributed by atoms with Gasteiger partial charge in [-0.2, -0.15) is 0 Å². The fraction of sp³-hybridized carbons (Fsp3) is 0.857. The maximum Gasteiger partial charge on any atom is 0.239 e. The second-order valence-electron chi connectivity index (χ2n) is 6.46. The fourth-order valence-electron chi connectivity index (χ4n) is 2.07. The number of carbonyl (C=O) groups excluding carboxylic acids is 2. The number of hydrogen-bond acceptors (Lipinski definition) is 4. The van der Waals surface area contributed by atoms with E-state index in [0.717, 1.165) is 32.7 Å². The molecule has 1 fully saturated rings. The number of rotatable bonds is 6. The summed E-state index contributed by atoms with van der Waals surface area (Å²) >= 11 is 0. The van der Waals surface area contributed by atoms with Gasteiger partial charge in [-0.05, 0) is 5.41 Å². The lowest BCUT2D eigenvalue weighted by atomic mass is 9.92. The Morgan fingerprint density at radius 2 is 1.71 bits per heavy atom. The van der Waals surface area contributed by atoms with Crippen molar-refractivity contribution in [3.8, 4) is 0 Å². The third-order valence-corrected chi connectivity index (χ3v) is 3.10. The highest BCUT2D eigenvalue weighted by molar-refractivity contribution is 5.85.